The van der Waals surface area contributed by atoms with Crippen LogP contribution >= 0.6 is 36.4 Å². The van der Waals surface area contributed by atoms with Gasteiger partial charge in [-0.15, -0.1) is 24.8 Å². The van der Waals surface area contributed by atoms with Gasteiger partial charge in [0.1, 0.15) is 0 Å². The van der Waals surface area contributed by atoms with Crippen molar-refractivity contribution >= 4 is 48.3 Å². The average molecular weight is 560 g/mol. The molecule has 0 aliphatic carbocycles. The van der Waals surface area contributed by atoms with E-state index in [9.17, 15) is 4.79 Å². The molecule has 5 rings (SSSR count). The highest BCUT2D eigenvalue weighted by Gasteiger charge is 2.29. The molecule has 3 aliphatic rings. The van der Waals surface area contributed by atoms with E-state index in [4.69, 9.17) is 16.1 Å². The number of benzene rings is 1. The van der Waals surface area contributed by atoms with Crippen LogP contribution in [0.1, 0.15) is 32.1 Å². The number of carbonyl (C=O) groups is 1. The van der Waals surface area contributed by atoms with Gasteiger partial charge in [0.2, 0.25) is 11.7 Å². The first-order chi connectivity index (χ1) is 16.6. The minimum atomic E-state index is 0. The number of rotatable bonds is 7. The van der Waals surface area contributed by atoms with Crippen LogP contribution in [-0.2, 0) is 4.79 Å². The zero-order valence-electron chi connectivity index (χ0n) is 20.5. The molecule has 0 radical (unpaired) electrons. The SMILES string of the molecule is Cl.Cl.O=C(NC[C@@H]1CCN(C[C@@H]2CCCNC2)C1)C1CCN(c2nc(-c3ccc(Cl)cc3)no2)CC1. The number of nitrogens with zero attached hydrogens (tertiary/aromatic N) is 4. The van der Waals surface area contributed by atoms with E-state index in [1.807, 2.05) is 24.3 Å². The summed E-state index contributed by atoms with van der Waals surface area (Å²) in [6.45, 7) is 8.09. The number of likely N-dealkylation sites (tertiary alicyclic amines) is 1. The molecule has 2 atom stereocenters. The van der Waals surface area contributed by atoms with Crippen LogP contribution in [-0.4, -0.2) is 73.3 Å². The summed E-state index contributed by atoms with van der Waals surface area (Å²) in [5.41, 5.74) is 0.870. The summed E-state index contributed by atoms with van der Waals surface area (Å²) in [5, 5.41) is 11.5. The minimum absolute atomic E-state index is 0. The lowest BCUT2D eigenvalue weighted by Gasteiger charge is -2.30. The van der Waals surface area contributed by atoms with Gasteiger partial charge in [0.15, 0.2) is 0 Å². The highest BCUT2D eigenvalue weighted by Crippen LogP contribution is 2.26. The maximum absolute atomic E-state index is 12.8. The fourth-order valence-corrected chi connectivity index (χ4v) is 5.60. The summed E-state index contributed by atoms with van der Waals surface area (Å²) in [6, 6.07) is 7.90. The van der Waals surface area contributed by atoms with Crippen molar-refractivity contribution in [3.8, 4) is 11.4 Å². The van der Waals surface area contributed by atoms with E-state index in [2.05, 4.69) is 30.6 Å². The van der Waals surface area contributed by atoms with E-state index >= 15 is 0 Å². The summed E-state index contributed by atoms with van der Waals surface area (Å²) in [5.74, 6) is 2.17. The van der Waals surface area contributed by atoms with Crippen molar-refractivity contribution < 1.29 is 9.32 Å². The third-order valence-electron chi connectivity index (χ3n) is 7.50. The largest absolute Gasteiger partial charge is 0.356 e. The summed E-state index contributed by atoms with van der Waals surface area (Å²) in [7, 11) is 0. The van der Waals surface area contributed by atoms with Gasteiger partial charge in [-0.1, -0.05) is 16.8 Å². The molecule has 1 amide bonds. The quantitative estimate of drug-likeness (QED) is 0.532. The molecule has 2 aromatic rings. The molecular weight excluding hydrogens is 523 g/mol. The van der Waals surface area contributed by atoms with Crippen LogP contribution in [0.25, 0.3) is 11.4 Å². The summed E-state index contributed by atoms with van der Waals surface area (Å²) in [4.78, 5) is 22.0. The third kappa shape index (κ3) is 7.48. The van der Waals surface area contributed by atoms with Crippen LogP contribution in [0, 0.1) is 17.8 Å². The Balaban J connectivity index is 0.00000180. The number of halogens is 3. The van der Waals surface area contributed by atoms with Crippen molar-refractivity contribution in [3.63, 3.8) is 0 Å². The smallest absolute Gasteiger partial charge is 0.324 e. The molecule has 0 unspecified atom stereocenters. The Labute approximate surface area is 230 Å². The molecule has 2 N–H and O–H groups in total. The van der Waals surface area contributed by atoms with E-state index < -0.39 is 0 Å². The maximum Gasteiger partial charge on any atom is 0.324 e. The zero-order chi connectivity index (χ0) is 23.3. The molecule has 4 heterocycles. The van der Waals surface area contributed by atoms with Gasteiger partial charge in [0, 0.05) is 49.2 Å². The summed E-state index contributed by atoms with van der Waals surface area (Å²) < 4.78 is 5.49. The Hall–Kier alpha value is -1.58. The van der Waals surface area contributed by atoms with E-state index in [0.717, 1.165) is 63.6 Å². The number of nitrogens with one attached hydrogen (secondary N) is 2. The number of hydrogen-bond donors (Lipinski definition) is 2. The molecule has 0 saturated carbocycles. The van der Waals surface area contributed by atoms with Gasteiger partial charge in [-0.2, -0.15) is 4.98 Å². The molecule has 3 aliphatic heterocycles. The summed E-state index contributed by atoms with van der Waals surface area (Å²) >= 11 is 5.96. The number of amides is 1. The van der Waals surface area contributed by atoms with Crippen molar-refractivity contribution in [2.45, 2.75) is 32.1 Å². The second-order valence-electron chi connectivity index (χ2n) is 10.0. The first-order valence-corrected chi connectivity index (χ1v) is 13.1. The number of piperidine rings is 2. The maximum atomic E-state index is 12.8. The first-order valence-electron chi connectivity index (χ1n) is 12.7. The monoisotopic (exact) mass is 558 g/mol. The van der Waals surface area contributed by atoms with Gasteiger partial charge in [-0.3, -0.25) is 4.79 Å². The number of carbonyl (C=O) groups excluding carboxylic acids is 1. The number of hydrogen-bond acceptors (Lipinski definition) is 7. The van der Waals surface area contributed by atoms with Gasteiger partial charge >= 0.3 is 6.01 Å². The second-order valence-corrected chi connectivity index (χ2v) is 10.5. The first kappa shape index (κ1) is 29.0. The van der Waals surface area contributed by atoms with Crippen molar-refractivity contribution in [1.82, 2.24) is 25.7 Å². The van der Waals surface area contributed by atoms with Gasteiger partial charge in [-0.25, -0.2) is 0 Å². The normalized spacial score (nSPS) is 23.1. The molecular formula is C25H37Cl3N6O2. The van der Waals surface area contributed by atoms with Crippen molar-refractivity contribution in [2.75, 3.05) is 57.3 Å². The number of anilines is 1. The Kier molecular flexibility index (Phi) is 11.1. The Morgan fingerprint density at radius 1 is 1.08 bits per heavy atom. The molecule has 0 spiro atoms. The Morgan fingerprint density at radius 2 is 1.86 bits per heavy atom. The van der Waals surface area contributed by atoms with Gasteiger partial charge in [0.25, 0.3) is 0 Å². The Bertz CT molecular complexity index is 946. The molecule has 3 saturated heterocycles. The highest BCUT2D eigenvalue weighted by molar-refractivity contribution is 6.30. The lowest BCUT2D eigenvalue weighted by Crippen LogP contribution is -2.42. The molecule has 1 aromatic heterocycles. The molecule has 0 bridgehead atoms. The van der Waals surface area contributed by atoms with Crippen LogP contribution < -0.4 is 15.5 Å². The van der Waals surface area contributed by atoms with Crippen LogP contribution in [0.3, 0.4) is 0 Å². The van der Waals surface area contributed by atoms with Crippen LogP contribution in [0.4, 0.5) is 6.01 Å². The fourth-order valence-electron chi connectivity index (χ4n) is 5.47. The van der Waals surface area contributed by atoms with E-state index in [1.165, 1.54) is 32.4 Å². The van der Waals surface area contributed by atoms with E-state index in [0.29, 0.717) is 22.8 Å². The predicted molar refractivity (Wildman–Crippen MR) is 147 cm³/mol. The Morgan fingerprint density at radius 3 is 2.58 bits per heavy atom. The highest BCUT2D eigenvalue weighted by atomic mass is 35.5. The average Bonchev–Trinajstić information content (AvgIpc) is 3.54. The number of aromatic nitrogens is 2. The van der Waals surface area contributed by atoms with Crippen LogP contribution in [0.15, 0.2) is 28.8 Å². The molecule has 36 heavy (non-hydrogen) atoms. The molecule has 200 valence electrons. The topological polar surface area (TPSA) is 86.5 Å². The molecule has 11 heteroatoms. The van der Waals surface area contributed by atoms with E-state index in [-0.39, 0.29) is 36.6 Å². The zero-order valence-corrected chi connectivity index (χ0v) is 22.9. The molecule has 8 nitrogen and oxygen atoms in total. The predicted octanol–water partition coefficient (Wildman–Crippen LogP) is 3.89. The third-order valence-corrected chi connectivity index (χ3v) is 7.76. The lowest BCUT2D eigenvalue weighted by atomic mass is 9.96. The molecule has 3 fully saturated rings. The van der Waals surface area contributed by atoms with Crippen LogP contribution in [0.2, 0.25) is 5.02 Å². The van der Waals surface area contributed by atoms with E-state index in [1.54, 1.807) is 0 Å². The van der Waals surface area contributed by atoms with Crippen molar-refractivity contribution in [2.24, 2.45) is 17.8 Å². The second kappa shape index (κ2) is 13.8. The standard InChI is InChI=1S/C25H35ClN6O2.2ClH/c26-22-5-3-20(4-6-22)23-29-25(34-30-23)32-12-8-21(9-13-32)24(33)28-15-19-7-11-31(17-19)16-18-2-1-10-27-14-18;;/h3-6,18-19,21,27H,1-2,7-17H2,(H,28,33);2*1H/t18-,19+;;/m1../s1. The summed E-state index contributed by atoms with van der Waals surface area (Å²) in [6.07, 6.45) is 5.43. The van der Waals surface area contributed by atoms with Gasteiger partial charge in [-0.05, 0) is 87.8 Å². The van der Waals surface area contributed by atoms with Gasteiger partial charge in [0.05, 0.1) is 0 Å². The van der Waals surface area contributed by atoms with Crippen molar-refractivity contribution in [3.05, 3.63) is 29.3 Å². The molecule has 1 aromatic carbocycles. The lowest BCUT2D eigenvalue weighted by molar-refractivity contribution is -0.125. The van der Waals surface area contributed by atoms with Gasteiger partial charge < -0.3 is 25.0 Å². The van der Waals surface area contributed by atoms with Crippen LogP contribution in [0.5, 0.6) is 0 Å². The minimum Gasteiger partial charge on any atom is -0.356 e. The fraction of sp³-hybridized carbons (Fsp3) is 0.640. The van der Waals surface area contributed by atoms with Crippen molar-refractivity contribution in [1.29, 1.82) is 0 Å².